The predicted molar refractivity (Wildman–Crippen MR) is 114 cm³/mol. The molecule has 0 spiro atoms. The van der Waals surface area contributed by atoms with Crippen molar-refractivity contribution >= 4 is 22.9 Å². The second-order valence-electron chi connectivity index (χ2n) is 6.99. The fraction of sp³-hybridized carbons (Fsp3) is 0.0833. The maximum Gasteiger partial charge on any atom is 0.271 e. The molecule has 3 aromatic rings. The lowest BCUT2D eigenvalue weighted by atomic mass is 9.76. The molecule has 0 radical (unpaired) electrons. The fourth-order valence-corrected chi connectivity index (χ4v) is 3.52. The van der Waals surface area contributed by atoms with Gasteiger partial charge in [0.2, 0.25) is 0 Å². The summed E-state index contributed by atoms with van der Waals surface area (Å²) in [6, 6.07) is 17.8. The highest BCUT2D eigenvalue weighted by Gasteiger charge is 2.30. The Morgan fingerprint density at radius 3 is 2.59 bits per heavy atom. The minimum absolute atomic E-state index is 0.0155. The molecule has 5 nitrogen and oxygen atoms in total. The lowest BCUT2D eigenvalue weighted by Gasteiger charge is -2.28. The van der Waals surface area contributed by atoms with E-state index in [1.165, 1.54) is 12.1 Å². The third kappa shape index (κ3) is 3.75. The number of aromatic hydroxyl groups is 2. The standard InChI is InChI=1S/C24H20N2O3/c27-20-10-11-21(22(28)15-20)24(12-4-1-5-13-24)16-25-26-23(29)19-9-8-17-6-2-3-7-18(17)14-19/h1-12,14-16,27-28H,13H2,(H,26,29). The van der Waals surface area contributed by atoms with Crippen LogP contribution in [0.3, 0.4) is 0 Å². The number of hydrogen-bond acceptors (Lipinski definition) is 4. The van der Waals surface area contributed by atoms with Crippen molar-refractivity contribution in [3.05, 3.63) is 96.1 Å². The van der Waals surface area contributed by atoms with Crippen LogP contribution in [-0.2, 0) is 5.41 Å². The summed E-state index contributed by atoms with van der Waals surface area (Å²) in [5, 5.41) is 26.1. The zero-order valence-corrected chi connectivity index (χ0v) is 15.6. The number of nitrogens with one attached hydrogen (secondary N) is 1. The third-order valence-corrected chi connectivity index (χ3v) is 5.05. The molecule has 3 N–H and O–H groups in total. The summed E-state index contributed by atoms with van der Waals surface area (Å²) >= 11 is 0. The summed E-state index contributed by atoms with van der Waals surface area (Å²) in [6.07, 6.45) is 9.83. The van der Waals surface area contributed by atoms with E-state index in [9.17, 15) is 15.0 Å². The number of nitrogens with zero attached hydrogens (tertiary/aromatic N) is 1. The molecule has 5 heteroatoms. The van der Waals surface area contributed by atoms with Crippen molar-refractivity contribution < 1.29 is 15.0 Å². The van der Waals surface area contributed by atoms with E-state index in [4.69, 9.17) is 0 Å². The van der Waals surface area contributed by atoms with Crippen molar-refractivity contribution in [2.24, 2.45) is 5.10 Å². The topological polar surface area (TPSA) is 81.9 Å². The number of phenolic OH excluding ortho intramolecular Hbond substituents is 2. The Bertz CT molecular complexity index is 1160. The summed E-state index contributed by atoms with van der Waals surface area (Å²) < 4.78 is 0. The van der Waals surface area contributed by atoms with Crippen molar-refractivity contribution in [1.29, 1.82) is 0 Å². The Hall–Kier alpha value is -3.86. The van der Waals surface area contributed by atoms with Crippen LogP contribution < -0.4 is 5.43 Å². The first kappa shape index (κ1) is 18.5. The summed E-state index contributed by atoms with van der Waals surface area (Å²) in [5.74, 6) is -0.358. The van der Waals surface area contributed by atoms with Gasteiger partial charge in [0.15, 0.2) is 0 Å². The molecule has 0 saturated heterocycles. The van der Waals surface area contributed by atoms with E-state index in [0.717, 1.165) is 10.8 Å². The third-order valence-electron chi connectivity index (χ3n) is 5.05. The van der Waals surface area contributed by atoms with Crippen LogP contribution in [-0.4, -0.2) is 22.3 Å². The summed E-state index contributed by atoms with van der Waals surface area (Å²) in [4.78, 5) is 12.5. The molecular formula is C24H20N2O3. The van der Waals surface area contributed by atoms with Gasteiger partial charge in [0.1, 0.15) is 11.5 Å². The quantitative estimate of drug-likeness (QED) is 0.460. The number of fused-ring (bicyclic) bond motifs is 1. The first-order valence-corrected chi connectivity index (χ1v) is 9.28. The number of allylic oxidation sites excluding steroid dienone is 4. The van der Waals surface area contributed by atoms with E-state index in [2.05, 4.69) is 10.5 Å². The number of carbonyl (C=O) groups excluding carboxylic acids is 1. The van der Waals surface area contributed by atoms with Gasteiger partial charge in [0.25, 0.3) is 5.91 Å². The van der Waals surface area contributed by atoms with E-state index in [-0.39, 0.29) is 17.4 Å². The van der Waals surface area contributed by atoms with E-state index in [1.54, 1.807) is 18.3 Å². The molecule has 3 aromatic carbocycles. The minimum Gasteiger partial charge on any atom is -0.508 e. The van der Waals surface area contributed by atoms with E-state index in [0.29, 0.717) is 17.5 Å². The van der Waals surface area contributed by atoms with Gasteiger partial charge in [-0.1, -0.05) is 60.7 Å². The molecule has 1 unspecified atom stereocenters. The molecule has 0 heterocycles. The first-order valence-electron chi connectivity index (χ1n) is 9.28. The van der Waals surface area contributed by atoms with Gasteiger partial charge in [0.05, 0.1) is 5.41 Å². The van der Waals surface area contributed by atoms with Gasteiger partial charge in [0, 0.05) is 23.4 Å². The zero-order valence-electron chi connectivity index (χ0n) is 15.6. The van der Waals surface area contributed by atoms with Gasteiger partial charge in [-0.25, -0.2) is 5.43 Å². The van der Waals surface area contributed by atoms with Gasteiger partial charge >= 0.3 is 0 Å². The Balaban J connectivity index is 1.58. The number of rotatable bonds is 4. The van der Waals surface area contributed by atoms with Gasteiger partial charge in [-0.05, 0) is 35.4 Å². The lowest BCUT2D eigenvalue weighted by Crippen LogP contribution is -2.28. The van der Waals surface area contributed by atoms with Crippen molar-refractivity contribution in [2.45, 2.75) is 11.8 Å². The average molecular weight is 384 g/mol. The zero-order chi connectivity index (χ0) is 20.3. The Labute approximate surface area is 168 Å². The molecule has 0 fully saturated rings. The van der Waals surface area contributed by atoms with E-state index < -0.39 is 5.41 Å². The van der Waals surface area contributed by atoms with Gasteiger partial charge < -0.3 is 10.2 Å². The Morgan fingerprint density at radius 1 is 1.00 bits per heavy atom. The number of carbonyl (C=O) groups is 1. The number of hydrogen-bond donors (Lipinski definition) is 3. The molecule has 0 saturated carbocycles. The van der Waals surface area contributed by atoms with E-state index >= 15 is 0 Å². The highest BCUT2D eigenvalue weighted by Crippen LogP contribution is 2.38. The normalized spacial score (nSPS) is 18.3. The summed E-state index contributed by atoms with van der Waals surface area (Å²) in [5.41, 5.74) is 2.97. The highest BCUT2D eigenvalue weighted by molar-refractivity contribution is 5.98. The van der Waals surface area contributed by atoms with Gasteiger partial charge in [-0.2, -0.15) is 5.10 Å². The number of amides is 1. The Kier molecular flexibility index (Phi) is 4.87. The molecule has 1 atom stereocenters. The molecule has 1 aliphatic carbocycles. The number of hydrazone groups is 1. The van der Waals surface area contributed by atoms with Crippen LogP contribution in [0.1, 0.15) is 22.3 Å². The number of phenols is 2. The van der Waals surface area contributed by atoms with Crippen LogP contribution >= 0.6 is 0 Å². The first-order chi connectivity index (χ1) is 14.1. The second kappa shape index (κ2) is 7.64. The largest absolute Gasteiger partial charge is 0.508 e. The van der Waals surface area contributed by atoms with Crippen LogP contribution in [0.25, 0.3) is 10.8 Å². The fourth-order valence-electron chi connectivity index (χ4n) is 3.52. The molecule has 1 aliphatic rings. The van der Waals surface area contributed by atoms with Gasteiger partial charge in [-0.15, -0.1) is 0 Å². The van der Waals surface area contributed by atoms with Gasteiger partial charge in [-0.3, -0.25) is 4.79 Å². The number of benzene rings is 3. The summed E-state index contributed by atoms with van der Waals surface area (Å²) in [7, 11) is 0. The minimum atomic E-state index is -0.719. The van der Waals surface area contributed by atoms with Crippen molar-refractivity contribution in [2.75, 3.05) is 0 Å². The van der Waals surface area contributed by atoms with Crippen molar-refractivity contribution in [1.82, 2.24) is 5.43 Å². The SMILES string of the molecule is O=C(NN=CC1(c2ccc(O)cc2O)C=CC=CC1)c1ccc2ccccc2c1. The lowest BCUT2D eigenvalue weighted by molar-refractivity contribution is 0.0955. The average Bonchev–Trinajstić information content (AvgIpc) is 2.74. The molecule has 1 amide bonds. The Morgan fingerprint density at radius 2 is 1.83 bits per heavy atom. The summed E-state index contributed by atoms with van der Waals surface area (Å²) in [6.45, 7) is 0. The van der Waals surface area contributed by atoms with Crippen LogP contribution in [0.4, 0.5) is 0 Å². The molecule has 29 heavy (non-hydrogen) atoms. The maximum atomic E-state index is 12.5. The molecule has 0 aliphatic heterocycles. The van der Waals surface area contributed by atoms with Crippen LogP contribution in [0.2, 0.25) is 0 Å². The van der Waals surface area contributed by atoms with Crippen LogP contribution in [0.5, 0.6) is 11.5 Å². The van der Waals surface area contributed by atoms with Crippen molar-refractivity contribution in [3.63, 3.8) is 0 Å². The molecule has 4 rings (SSSR count). The monoisotopic (exact) mass is 384 g/mol. The van der Waals surface area contributed by atoms with Crippen LogP contribution in [0, 0.1) is 0 Å². The second-order valence-corrected chi connectivity index (χ2v) is 6.99. The molecule has 144 valence electrons. The molecule has 0 aromatic heterocycles. The highest BCUT2D eigenvalue weighted by atomic mass is 16.3. The molecule has 0 bridgehead atoms. The van der Waals surface area contributed by atoms with Crippen molar-refractivity contribution in [3.8, 4) is 11.5 Å². The predicted octanol–water partition coefficient (Wildman–Crippen LogP) is 4.42. The maximum absolute atomic E-state index is 12.5. The van der Waals surface area contributed by atoms with Crippen LogP contribution in [0.15, 0.2) is 90.1 Å². The smallest absolute Gasteiger partial charge is 0.271 e. The molecular weight excluding hydrogens is 364 g/mol. The van der Waals surface area contributed by atoms with E-state index in [1.807, 2.05) is 60.7 Å².